The van der Waals surface area contributed by atoms with Crippen LogP contribution in [0.2, 0.25) is 0 Å². The van der Waals surface area contributed by atoms with Gasteiger partial charge in [0.1, 0.15) is 0 Å². The van der Waals surface area contributed by atoms with E-state index in [1.165, 1.54) is 11.1 Å². The van der Waals surface area contributed by atoms with Gasteiger partial charge in [0.25, 0.3) is 0 Å². The minimum Gasteiger partial charge on any atom is -0.408 e. The molecule has 1 heterocycles. The molecular formula is C13H16N4O. The molecule has 0 amide bonds. The van der Waals surface area contributed by atoms with Crippen molar-refractivity contribution < 1.29 is 4.42 Å². The van der Waals surface area contributed by atoms with E-state index in [2.05, 4.69) is 39.8 Å². The Balaban J connectivity index is 1.56. The van der Waals surface area contributed by atoms with Crippen LogP contribution >= 0.6 is 0 Å². The van der Waals surface area contributed by atoms with Gasteiger partial charge >= 0.3 is 6.01 Å². The molecule has 94 valence electrons. The SMILES string of the molecule is NCCc1nnc(NCC2Cc3ccccc32)o1. The highest BCUT2D eigenvalue weighted by Crippen LogP contribution is 2.34. The van der Waals surface area contributed by atoms with E-state index in [4.69, 9.17) is 10.2 Å². The molecule has 0 spiro atoms. The second-order valence-corrected chi connectivity index (χ2v) is 4.52. The van der Waals surface area contributed by atoms with Gasteiger partial charge in [0.2, 0.25) is 5.89 Å². The molecule has 1 unspecified atom stereocenters. The van der Waals surface area contributed by atoms with Crippen LogP contribution in [0.3, 0.4) is 0 Å². The number of benzene rings is 1. The minimum atomic E-state index is 0.489. The number of fused-ring (bicyclic) bond motifs is 1. The highest BCUT2D eigenvalue weighted by Gasteiger charge is 2.25. The van der Waals surface area contributed by atoms with Gasteiger partial charge in [0, 0.05) is 25.4 Å². The molecule has 3 N–H and O–H groups in total. The molecule has 1 aromatic carbocycles. The summed E-state index contributed by atoms with van der Waals surface area (Å²) in [7, 11) is 0. The molecule has 3 rings (SSSR count). The van der Waals surface area contributed by atoms with Crippen LogP contribution in [0, 0.1) is 0 Å². The van der Waals surface area contributed by atoms with Crippen molar-refractivity contribution in [1.29, 1.82) is 0 Å². The molecule has 0 bridgehead atoms. The Morgan fingerprint density at radius 1 is 1.33 bits per heavy atom. The van der Waals surface area contributed by atoms with Crippen molar-refractivity contribution in [2.24, 2.45) is 5.73 Å². The molecule has 1 aliphatic carbocycles. The summed E-state index contributed by atoms with van der Waals surface area (Å²) in [5.41, 5.74) is 8.29. The van der Waals surface area contributed by atoms with Crippen LogP contribution in [0.5, 0.6) is 0 Å². The Hall–Kier alpha value is -1.88. The first-order chi connectivity index (χ1) is 8.86. The standard InChI is InChI=1S/C13H16N4O/c14-6-5-12-16-17-13(18-12)15-8-10-7-9-3-1-2-4-11(9)10/h1-4,10H,5-8,14H2,(H,15,17). The summed E-state index contributed by atoms with van der Waals surface area (Å²) in [5.74, 6) is 1.14. The van der Waals surface area contributed by atoms with Crippen LogP contribution in [0.15, 0.2) is 28.7 Å². The van der Waals surface area contributed by atoms with Crippen LogP contribution in [0.4, 0.5) is 6.01 Å². The zero-order valence-corrected chi connectivity index (χ0v) is 10.1. The molecule has 0 radical (unpaired) electrons. The Bertz CT molecular complexity index is 537. The van der Waals surface area contributed by atoms with Crippen LogP contribution in [0.1, 0.15) is 22.9 Å². The number of rotatable bonds is 5. The van der Waals surface area contributed by atoms with E-state index in [1.54, 1.807) is 0 Å². The Kier molecular flexibility index (Phi) is 2.98. The molecule has 1 aliphatic rings. The first-order valence-electron chi connectivity index (χ1n) is 6.21. The van der Waals surface area contributed by atoms with Crippen molar-refractivity contribution in [2.75, 3.05) is 18.4 Å². The summed E-state index contributed by atoms with van der Waals surface area (Å²) in [4.78, 5) is 0. The predicted octanol–water partition coefficient (Wildman–Crippen LogP) is 1.32. The molecule has 2 aromatic rings. The van der Waals surface area contributed by atoms with E-state index < -0.39 is 0 Å². The third kappa shape index (κ3) is 2.09. The topological polar surface area (TPSA) is 77.0 Å². The van der Waals surface area contributed by atoms with Gasteiger partial charge in [-0.1, -0.05) is 29.4 Å². The lowest BCUT2D eigenvalue weighted by Gasteiger charge is -2.29. The molecule has 1 atom stereocenters. The van der Waals surface area contributed by atoms with Gasteiger partial charge in [-0.2, -0.15) is 0 Å². The molecule has 0 saturated heterocycles. The van der Waals surface area contributed by atoms with Crippen molar-refractivity contribution in [1.82, 2.24) is 10.2 Å². The third-order valence-corrected chi connectivity index (χ3v) is 3.29. The summed E-state index contributed by atoms with van der Waals surface area (Å²) in [6.07, 6.45) is 1.74. The lowest BCUT2D eigenvalue weighted by Crippen LogP contribution is -2.24. The van der Waals surface area contributed by atoms with Crippen LogP contribution in [-0.4, -0.2) is 23.3 Å². The van der Waals surface area contributed by atoms with Crippen molar-refractivity contribution in [2.45, 2.75) is 18.8 Å². The van der Waals surface area contributed by atoms with Crippen LogP contribution in [0.25, 0.3) is 0 Å². The number of anilines is 1. The maximum atomic E-state index is 5.43. The highest BCUT2D eigenvalue weighted by atomic mass is 16.4. The maximum absolute atomic E-state index is 5.43. The Labute approximate surface area is 105 Å². The van der Waals surface area contributed by atoms with Crippen LogP contribution in [-0.2, 0) is 12.8 Å². The molecule has 1 aromatic heterocycles. The fourth-order valence-electron chi connectivity index (χ4n) is 2.30. The number of aromatic nitrogens is 2. The van der Waals surface area contributed by atoms with Gasteiger partial charge < -0.3 is 15.5 Å². The van der Waals surface area contributed by atoms with Crippen molar-refractivity contribution in [3.8, 4) is 0 Å². The van der Waals surface area contributed by atoms with Crippen molar-refractivity contribution >= 4 is 6.01 Å². The molecular weight excluding hydrogens is 228 g/mol. The summed E-state index contributed by atoms with van der Waals surface area (Å²) in [6, 6.07) is 9.01. The number of hydrogen-bond donors (Lipinski definition) is 2. The summed E-state index contributed by atoms with van der Waals surface area (Å²) in [6.45, 7) is 1.36. The Morgan fingerprint density at radius 3 is 3.06 bits per heavy atom. The van der Waals surface area contributed by atoms with E-state index in [9.17, 15) is 0 Å². The van der Waals surface area contributed by atoms with Gasteiger partial charge in [0.05, 0.1) is 0 Å². The lowest BCUT2D eigenvalue weighted by molar-refractivity contribution is 0.501. The third-order valence-electron chi connectivity index (χ3n) is 3.29. The first kappa shape index (κ1) is 11.2. The fraction of sp³-hybridized carbons (Fsp3) is 0.385. The molecule has 0 aliphatic heterocycles. The van der Waals surface area contributed by atoms with Gasteiger partial charge in [-0.25, -0.2) is 0 Å². The smallest absolute Gasteiger partial charge is 0.315 e. The van der Waals surface area contributed by atoms with Gasteiger partial charge in [-0.3, -0.25) is 0 Å². The van der Waals surface area contributed by atoms with E-state index in [0.717, 1.165) is 13.0 Å². The van der Waals surface area contributed by atoms with E-state index in [-0.39, 0.29) is 0 Å². The first-order valence-corrected chi connectivity index (χ1v) is 6.21. The van der Waals surface area contributed by atoms with E-state index in [0.29, 0.717) is 30.8 Å². The highest BCUT2D eigenvalue weighted by molar-refractivity contribution is 5.41. The molecule has 0 fully saturated rings. The molecule has 18 heavy (non-hydrogen) atoms. The molecule has 5 nitrogen and oxygen atoms in total. The van der Waals surface area contributed by atoms with Gasteiger partial charge in [-0.05, 0) is 17.5 Å². The number of nitrogens with two attached hydrogens (primary N) is 1. The quantitative estimate of drug-likeness (QED) is 0.829. The van der Waals surface area contributed by atoms with Crippen molar-refractivity contribution in [3.63, 3.8) is 0 Å². The van der Waals surface area contributed by atoms with Gasteiger partial charge in [-0.15, -0.1) is 5.10 Å². The van der Waals surface area contributed by atoms with Crippen molar-refractivity contribution in [3.05, 3.63) is 41.3 Å². The summed E-state index contributed by atoms with van der Waals surface area (Å²) < 4.78 is 5.42. The summed E-state index contributed by atoms with van der Waals surface area (Å²) >= 11 is 0. The minimum absolute atomic E-state index is 0.489. The average molecular weight is 244 g/mol. The zero-order valence-electron chi connectivity index (χ0n) is 10.1. The molecule has 5 heteroatoms. The van der Waals surface area contributed by atoms with Crippen LogP contribution < -0.4 is 11.1 Å². The largest absolute Gasteiger partial charge is 0.408 e. The van der Waals surface area contributed by atoms with E-state index >= 15 is 0 Å². The monoisotopic (exact) mass is 244 g/mol. The Morgan fingerprint density at radius 2 is 2.22 bits per heavy atom. The second kappa shape index (κ2) is 4.78. The predicted molar refractivity (Wildman–Crippen MR) is 68.4 cm³/mol. The number of hydrogen-bond acceptors (Lipinski definition) is 5. The zero-order chi connectivity index (χ0) is 12.4. The van der Waals surface area contributed by atoms with E-state index in [1.807, 2.05) is 0 Å². The fourth-order valence-corrected chi connectivity index (χ4v) is 2.30. The molecule has 0 saturated carbocycles. The number of nitrogens with zero attached hydrogens (tertiary/aromatic N) is 2. The normalized spacial score (nSPS) is 17.1. The lowest BCUT2D eigenvalue weighted by atomic mass is 9.78. The maximum Gasteiger partial charge on any atom is 0.315 e. The summed E-state index contributed by atoms with van der Waals surface area (Å²) in [5, 5.41) is 11.0. The second-order valence-electron chi connectivity index (χ2n) is 4.52. The number of nitrogens with one attached hydrogen (secondary N) is 1. The van der Waals surface area contributed by atoms with Gasteiger partial charge in [0.15, 0.2) is 0 Å². The average Bonchev–Trinajstić information content (AvgIpc) is 2.79.